The number of rotatable bonds is 2. The van der Waals surface area contributed by atoms with Crippen LogP contribution in [0.25, 0.3) is 11.4 Å². The van der Waals surface area contributed by atoms with E-state index < -0.39 is 0 Å². The highest BCUT2D eigenvalue weighted by molar-refractivity contribution is 7.08. The largest absolute Gasteiger partial charge is 0.373 e. The molecule has 0 amide bonds. The van der Waals surface area contributed by atoms with Crippen LogP contribution in [0.2, 0.25) is 0 Å². The molecule has 0 saturated carbocycles. The topological polar surface area (TPSA) is 37.8 Å². The highest BCUT2D eigenvalue weighted by Crippen LogP contribution is 2.31. The van der Waals surface area contributed by atoms with Gasteiger partial charge in [0.15, 0.2) is 5.82 Å². The zero-order valence-electron chi connectivity index (χ0n) is 10.1. The number of hydrogen-bond acceptors (Lipinski definition) is 4. The third-order valence-corrected chi connectivity index (χ3v) is 4.13. The SMILES string of the molecule is CNc1nc(-c2cscc2C)nc2c1CCC2. The van der Waals surface area contributed by atoms with Crippen LogP contribution in [0, 0.1) is 6.92 Å². The van der Waals surface area contributed by atoms with Crippen LogP contribution in [-0.4, -0.2) is 17.0 Å². The van der Waals surface area contributed by atoms with Gasteiger partial charge >= 0.3 is 0 Å². The quantitative estimate of drug-likeness (QED) is 0.883. The molecule has 0 aliphatic heterocycles. The number of thiophene rings is 1. The van der Waals surface area contributed by atoms with Gasteiger partial charge in [0.1, 0.15) is 5.82 Å². The summed E-state index contributed by atoms with van der Waals surface area (Å²) in [4.78, 5) is 9.37. The Labute approximate surface area is 105 Å². The molecule has 1 aliphatic carbocycles. The van der Waals surface area contributed by atoms with Crippen molar-refractivity contribution in [3.8, 4) is 11.4 Å². The number of nitrogens with one attached hydrogen (secondary N) is 1. The maximum Gasteiger partial charge on any atom is 0.162 e. The van der Waals surface area contributed by atoms with Gasteiger partial charge in [0.25, 0.3) is 0 Å². The van der Waals surface area contributed by atoms with Crippen LogP contribution in [0.1, 0.15) is 23.2 Å². The summed E-state index contributed by atoms with van der Waals surface area (Å²) in [5.74, 6) is 1.88. The van der Waals surface area contributed by atoms with Gasteiger partial charge in [-0.15, -0.1) is 0 Å². The lowest BCUT2D eigenvalue weighted by atomic mass is 10.2. The maximum absolute atomic E-state index is 4.72. The second kappa shape index (κ2) is 4.11. The van der Waals surface area contributed by atoms with E-state index in [1.54, 1.807) is 11.3 Å². The van der Waals surface area contributed by atoms with Crippen LogP contribution >= 0.6 is 11.3 Å². The molecule has 1 aliphatic rings. The standard InChI is InChI=1S/C13H15N3S/c1-8-6-17-7-10(8)13-15-11-5-3-4-9(11)12(14-2)16-13/h6-7H,3-5H2,1-2H3,(H,14,15,16). The van der Waals surface area contributed by atoms with Gasteiger partial charge in [0, 0.05) is 29.2 Å². The summed E-state index contributed by atoms with van der Waals surface area (Å²) >= 11 is 1.71. The minimum Gasteiger partial charge on any atom is -0.373 e. The van der Waals surface area contributed by atoms with Crippen molar-refractivity contribution >= 4 is 17.2 Å². The summed E-state index contributed by atoms with van der Waals surface area (Å²) in [6, 6.07) is 0. The van der Waals surface area contributed by atoms with Crippen LogP contribution in [-0.2, 0) is 12.8 Å². The van der Waals surface area contributed by atoms with E-state index in [2.05, 4.69) is 28.0 Å². The Balaban J connectivity index is 2.16. The van der Waals surface area contributed by atoms with Crippen LogP contribution in [0.4, 0.5) is 5.82 Å². The molecule has 0 saturated heterocycles. The summed E-state index contributed by atoms with van der Waals surface area (Å²) in [6.45, 7) is 2.11. The van der Waals surface area contributed by atoms with Crippen LogP contribution in [0.3, 0.4) is 0 Å². The number of nitrogens with zero attached hydrogens (tertiary/aromatic N) is 2. The van der Waals surface area contributed by atoms with Gasteiger partial charge in [-0.1, -0.05) is 0 Å². The summed E-state index contributed by atoms with van der Waals surface area (Å²) in [6.07, 6.45) is 3.39. The molecule has 2 aromatic heterocycles. The highest BCUT2D eigenvalue weighted by atomic mass is 32.1. The van der Waals surface area contributed by atoms with E-state index in [0.29, 0.717) is 0 Å². The zero-order valence-corrected chi connectivity index (χ0v) is 10.9. The first-order valence-electron chi connectivity index (χ1n) is 5.90. The van der Waals surface area contributed by atoms with Crippen molar-refractivity contribution in [1.29, 1.82) is 0 Å². The molecule has 2 aromatic rings. The highest BCUT2D eigenvalue weighted by Gasteiger charge is 2.19. The first-order valence-corrected chi connectivity index (χ1v) is 6.84. The van der Waals surface area contributed by atoms with Gasteiger partial charge in [0.2, 0.25) is 0 Å². The smallest absolute Gasteiger partial charge is 0.162 e. The van der Waals surface area contributed by atoms with Gasteiger partial charge in [-0.3, -0.25) is 0 Å². The molecule has 1 N–H and O–H groups in total. The van der Waals surface area contributed by atoms with E-state index in [1.807, 2.05) is 7.05 Å². The number of hydrogen-bond donors (Lipinski definition) is 1. The molecule has 88 valence electrons. The second-order valence-electron chi connectivity index (χ2n) is 4.39. The summed E-state index contributed by atoms with van der Waals surface area (Å²) < 4.78 is 0. The number of aromatic nitrogens is 2. The van der Waals surface area contributed by atoms with Gasteiger partial charge in [-0.2, -0.15) is 11.3 Å². The summed E-state index contributed by atoms with van der Waals surface area (Å²) in [5, 5.41) is 7.48. The van der Waals surface area contributed by atoms with Crippen molar-refractivity contribution < 1.29 is 0 Å². The van der Waals surface area contributed by atoms with Gasteiger partial charge in [-0.25, -0.2) is 9.97 Å². The maximum atomic E-state index is 4.72. The summed E-state index contributed by atoms with van der Waals surface area (Å²) in [5.41, 5.74) is 4.96. The predicted molar refractivity (Wildman–Crippen MR) is 71.7 cm³/mol. The number of fused-ring (bicyclic) bond motifs is 1. The lowest BCUT2D eigenvalue weighted by molar-refractivity contribution is 0.900. The van der Waals surface area contributed by atoms with Crippen molar-refractivity contribution in [3.63, 3.8) is 0 Å². The Morgan fingerprint density at radius 2 is 2.12 bits per heavy atom. The minimum atomic E-state index is 0.869. The van der Waals surface area contributed by atoms with Crippen molar-refractivity contribution in [2.24, 2.45) is 0 Å². The van der Waals surface area contributed by atoms with Crippen molar-refractivity contribution in [2.45, 2.75) is 26.2 Å². The number of aryl methyl sites for hydroxylation is 2. The third-order valence-electron chi connectivity index (χ3n) is 3.27. The van der Waals surface area contributed by atoms with E-state index in [-0.39, 0.29) is 0 Å². The molecule has 4 heteroatoms. The molecule has 17 heavy (non-hydrogen) atoms. The Morgan fingerprint density at radius 3 is 2.82 bits per heavy atom. The molecular formula is C13H15N3S. The Morgan fingerprint density at radius 1 is 1.24 bits per heavy atom. The molecule has 0 radical (unpaired) electrons. The third kappa shape index (κ3) is 1.72. The molecule has 0 aromatic carbocycles. The van der Waals surface area contributed by atoms with Crippen LogP contribution in [0.15, 0.2) is 10.8 Å². The van der Waals surface area contributed by atoms with Crippen molar-refractivity contribution in [3.05, 3.63) is 27.6 Å². The molecule has 0 fully saturated rings. The monoisotopic (exact) mass is 245 g/mol. The average Bonchev–Trinajstić information content (AvgIpc) is 2.95. The lowest BCUT2D eigenvalue weighted by Gasteiger charge is -2.09. The summed E-state index contributed by atoms with van der Waals surface area (Å²) in [7, 11) is 1.94. The molecule has 2 heterocycles. The first kappa shape index (κ1) is 10.7. The molecule has 0 spiro atoms. The fourth-order valence-corrected chi connectivity index (χ4v) is 3.18. The number of anilines is 1. The first-order chi connectivity index (χ1) is 8.29. The van der Waals surface area contributed by atoms with Crippen LogP contribution in [0.5, 0.6) is 0 Å². The lowest BCUT2D eigenvalue weighted by Crippen LogP contribution is -2.03. The second-order valence-corrected chi connectivity index (χ2v) is 5.14. The van der Waals surface area contributed by atoms with E-state index in [1.165, 1.54) is 28.8 Å². The predicted octanol–water partition coefficient (Wildman–Crippen LogP) is 3.04. The Hall–Kier alpha value is -1.42. The molecule has 0 bridgehead atoms. The van der Waals surface area contributed by atoms with E-state index in [0.717, 1.165) is 24.5 Å². The van der Waals surface area contributed by atoms with Crippen molar-refractivity contribution in [2.75, 3.05) is 12.4 Å². The fraction of sp³-hybridized carbons (Fsp3) is 0.385. The van der Waals surface area contributed by atoms with E-state index >= 15 is 0 Å². The zero-order chi connectivity index (χ0) is 11.8. The molecule has 0 unspecified atom stereocenters. The fourth-order valence-electron chi connectivity index (χ4n) is 2.35. The molecule has 3 nitrogen and oxygen atoms in total. The van der Waals surface area contributed by atoms with Crippen molar-refractivity contribution in [1.82, 2.24) is 9.97 Å². The van der Waals surface area contributed by atoms with Crippen LogP contribution < -0.4 is 5.32 Å². The molecule has 3 rings (SSSR count). The molecular weight excluding hydrogens is 230 g/mol. The van der Waals surface area contributed by atoms with Gasteiger partial charge in [0.05, 0.1) is 0 Å². The average molecular weight is 245 g/mol. The van der Waals surface area contributed by atoms with E-state index in [9.17, 15) is 0 Å². The normalized spacial score (nSPS) is 13.8. The minimum absolute atomic E-state index is 0.869. The Kier molecular flexibility index (Phi) is 2.59. The van der Waals surface area contributed by atoms with Gasteiger partial charge in [-0.05, 0) is 37.1 Å². The van der Waals surface area contributed by atoms with E-state index in [4.69, 9.17) is 4.98 Å². The Bertz CT molecular complexity index is 560. The van der Waals surface area contributed by atoms with Gasteiger partial charge < -0.3 is 5.32 Å². The molecule has 0 atom stereocenters.